The first-order chi connectivity index (χ1) is 8.90. The third-order valence-corrected chi connectivity index (χ3v) is 3.22. The molecule has 2 N–H and O–H groups in total. The number of barbiturate groups is 1. The number of carbonyl (C=O) groups is 3. The predicted molar refractivity (Wildman–Crippen MR) is 70.1 cm³/mol. The van der Waals surface area contributed by atoms with Crippen LogP contribution >= 0.6 is 15.9 Å². The minimum atomic E-state index is -0.751. The van der Waals surface area contributed by atoms with Crippen molar-refractivity contribution in [1.82, 2.24) is 10.2 Å². The lowest BCUT2D eigenvalue weighted by molar-refractivity contribution is -0.129. The number of rotatable bonds is 1. The Balaban J connectivity index is 2.41. The topological polar surface area (TPSA) is 86.7 Å². The Bertz CT molecular complexity index is 624. The third kappa shape index (κ3) is 2.50. The van der Waals surface area contributed by atoms with Gasteiger partial charge in [0.1, 0.15) is 11.3 Å². The second-order valence-corrected chi connectivity index (χ2v) is 4.75. The van der Waals surface area contributed by atoms with Crippen molar-refractivity contribution in [3.63, 3.8) is 0 Å². The maximum Gasteiger partial charge on any atom is 0.331 e. The summed E-state index contributed by atoms with van der Waals surface area (Å²) in [6, 6.07) is 3.78. The van der Waals surface area contributed by atoms with Gasteiger partial charge in [0.05, 0.1) is 4.47 Å². The fourth-order valence-electron chi connectivity index (χ4n) is 1.53. The normalized spacial score (nSPS) is 17.9. The fraction of sp³-hybridized carbons (Fsp3) is 0.0833. The van der Waals surface area contributed by atoms with Crippen molar-refractivity contribution in [1.29, 1.82) is 0 Å². The lowest BCUT2D eigenvalue weighted by atomic mass is 10.1. The predicted octanol–water partition coefficient (Wildman–Crippen LogP) is 1.25. The van der Waals surface area contributed by atoms with E-state index >= 15 is 0 Å². The van der Waals surface area contributed by atoms with Gasteiger partial charge in [0, 0.05) is 7.05 Å². The van der Waals surface area contributed by atoms with E-state index in [1.807, 2.05) is 0 Å². The molecule has 19 heavy (non-hydrogen) atoms. The van der Waals surface area contributed by atoms with Crippen LogP contribution in [0.4, 0.5) is 4.79 Å². The summed E-state index contributed by atoms with van der Waals surface area (Å²) in [5.74, 6) is -1.36. The summed E-state index contributed by atoms with van der Waals surface area (Å²) in [6.45, 7) is 0. The Kier molecular flexibility index (Phi) is 3.39. The molecule has 0 spiro atoms. The van der Waals surface area contributed by atoms with Crippen LogP contribution in [0, 0.1) is 0 Å². The summed E-state index contributed by atoms with van der Waals surface area (Å²) in [6.07, 6.45) is 1.35. The highest BCUT2D eigenvalue weighted by molar-refractivity contribution is 9.10. The number of hydrogen-bond acceptors (Lipinski definition) is 4. The molecule has 2 rings (SSSR count). The van der Waals surface area contributed by atoms with Crippen molar-refractivity contribution in [2.24, 2.45) is 0 Å². The first-order valence-corrected chi connectivity index (χ1v) is 6.03. The van der Waals surface area contributed by atoms with E-state index in [0.29, 0.717) is 10.0 Å². The molecule has 6 nitrogen and oxygen atoms in total. The number of phenols is 1. The lowest BCUT2D eigenvalue weighted by Gasteiger charge is -2.22. The summed E-state index contributed by atoms with van der Waals surface area (Å²) < 4.78 is 0.440. The van der Waals surface area contributed by atoms with Crippen LogP contribution in [0.2, 0.25) is 0 Å². The maximum atomic E-state index is 11.8. The Labute approximate surface area is 116 Å². The SMILES string of the molecule is CN1C(=O)NC(=O)/C(=C/c2ccc(O)c(Br)c2)C1=O. The molecule has 0 bridgehead atoms. The van der Waals surface area contributed by atoms with Gasteiger partial charge in [0.25, 0.3) is 11.8 Å². The Hall–Kier alpha value is -2.15. The van der Waals surface area contributed by atoms with Crippen molar-refractivity contribution in [2.45, 2.75) is 0 Å². The summed E-state index contributed by atoms with van der Waals surface area (Å²) >= 11 is 3.13. The highest BCUT2D eigenvalue weighted by Gasteiger charge is 2.32. The van der Waals surface area contributed by atoms with Crippen LogP contribution in [0.15, 0.2) is 28.2 Å². The molecule has 0 saturated carbocycles. The van der Waals surface area contributed by atoms with Gasteiger partial charge in [-0.2, -0.15) is 0 Å². The number of halogens is 1. The Morgan fingerprint density at radius 3 is 2.63 bits per heavy atom. The molecule has 0 radical (unpaired) electrons. The van der Waals surface area contributed by atoms with Gasteiger partial charge < -0.3 is 5.11 Å². The van der Waals surface area contributed by atoms with Crippen LogP contribution in [0.5, 0.6) is 5.75 Å². The molecular formula is C12H9BrN2O4. The molecule has 4 amide bonds. The van der Waals surface area contributed by atoms with Crippen LogP contribution in [-0.4, -0.2) is 34.9 Å². The van der Waals surface area contributed by atoms with Gasteiger partial charge >= 0.3 is 6.03 Å². The fourth-order valence-corrected chi connectivity index (χ4v) is 1.92. The minimum Gasteiger partial charge on any atom is -0.507 e. The summed E-state index contributed by atoms with van der Waals surface area (Å²) in [5.41, 5.74) is 0.408. The molecule has 1 aromatic carbocycles. The summed E-state index contributed by atoms with van der Waals surface area (Å²) in [4.78, 5) is 35.5. The quantitative estimate of drug-likeness (QED) is 0.601. The van der Waals surface area contributed by atoms with E-state index in [1.54, 1.807) is 12.1 Å². The van der Waals surface area contributed by atoms with E-state index in [9.17, 15) is 19.5 Å². The smallest absolute Gasteiger partial charge is 0.331 e. The van der Waals surface area contributed by atoms with Crippen molar-refractivity contribution < 1.29 is 19.5 Å². The molecule has 98 valence electrons. The molecular weight excluding hydrogens is 316 g/mol. The molecule has 0 aliphatic carbocycles. The molecule has 7 heteroatoms. The number of phenolic OH excluding ortho intramolecular Hbond substituents is 1. The number of imide groups is 2. The highest BCUT2D eigenvalue weighted by atomic mass is 79.9. The number of benzene rings is 1. The zero-order chi connectivity index (χ0) is 14.2. The number of aromatic hydroxyl groups is 1. The van der Waals surface area contributed by atoms with E-state index in [0.717, 1.165) is 4.90 Å². The van der Waals surface area contributed by atoms with E-state index in [2.05, 4.69) is 21.2 Å². The monoisotopic (exact) mass is 324 g/mol. The Morgan fingerprint density at radius 2 is 2.00 bits per heavy atom. The molecule has 1 fully saturated rings. The molecule has 0 aromatic heterocycles. The Morgan fingerprint density at radius 1 is 1.32 bits per heavy atom. The van der Waals surface area contributed by atoms with Crippen LogP contribution in [0.25, 0.3) is 6.08 Å². The average Bonchev–Trinajstić information content (AvgIpc) is 2.36. The lowest BCUT2D eigenvalue weighted by Crippen LogP contribution is -2.52. The van der Waals surface area contributed by atoms with Crippen LogP contribution in [0.1, 0.15) is 5.56 Å². The largest absolute Gasteiger partial charge is 0.507 e. The van der Waals surface area contributed by atoms with E-state index in [-0.39, 0.29) is 11.3 Å². The second kappa shape index (κ2) is 4.85. The second-order valence-electron chi connectivity index (χ2n) is 3.89. The standard InChI is InChI=1S/C12H9BrN2O4/c1-15-11(18)7(10(17)14-12(15)19)4-6-2-3-9(16)8(13)5-6/h2-5,16H,1H3,(H,14,17,19)/b7-4-. The number of carbonyl (C=O) groups excluding carboxylic acids is 3. The molecule has 1 aliphatic heterocycles. The zero-order valence-corrected chi connectivity index (χ0v) is 11.4. The molecule has 1 aliphatic rings. The van der Waals surface area contributed by atoms with Gasteiger partial charge in [-0.05, 0) is 39.7 Å². The maximum absolute atomic E-state index is 11.8. The van der Waals surface area contributed by atoms with Gasteiger partial charge in [0.2, 0.25) is 0 Å². The van der Waals surface area contributed by atoms with Crippen molar-refractivity contribution in [3.05, 3.63) is 33.8 Å². The number of likely N-dealkylation sites (N-methyl/N-ethyl adjacent to an activating group) is 1. The number of hydrogen-bond donors (Lipinski definition) is 2. The van der Waals surface area contributed by atoms with E-state index < -0.39 is 17.8 Å². The van der Waals surface area contributed by atoms with Crippen LogP contribution in [-0.2, 0) is 9.59 Å². The number of nitrogens with zero attached hydrogens (tertiary/aromatic N) is 1. The van der Waals surface area contributed by atoms with Gasteiger partial charge in [-0.3, -0.25) is 19.8 Å². The number of amides is 4. The molecule has 1 heterocycles. The van der Waals surface area contributed by atoms with Crippen molar-refractivity contribution in [3.8, 4) is 5.75 Å². The first kappa shape index (κ1) is 13.3. The summed E-state index contributed by atoms with van der Waals surface area (Å²) in [5, 5.41) is 11.4. The van der Waals surface area contributed by atoms with Crippen LogP contribution in [0.3, 0.4) is 0 Å². The van der Waals surface area contributed by atoms with Crippen molar-refractivity contribution in [2.75, 3.05) is 7.05 Å². The van der Waals surface area contributed by atoms with Crippen LogP contribution < -0.4 is 5.32 Å². The highest BCUT2D eigenvalue weighted by Crippen LogP contribution is 2.25. The minimum absolute atomic E-state index is 0.0499. The zero-order valence-electron chi connectivity index (χ0n) is 9.81. The molecule has 0 atom stereocenters. The number of nitrogens with one attached hydrogen (secondary N) is 1. The van der Waals surface area contributed by atoms with E-state index in [1.165, 1.54) is 19.2 Å². The van der Waals surface area contributed by atoms with Gasteiger partial charge in [-0.1, -0.05) is 6.07 Å². The molecule has 0 unspecified atom stereocenters. The van der Waals surface area contributed by atoms with Gasteiger partial charge in [0.15, 0.2) is 0 Å². The van der Waals surface area contributed by atoms with Gasteiger partial charge in [-0.15, -0.1) is 0 Å². The molecule has 1 saturated heterocycles. The average molecular weight is 325 g/mol. The third-order valence-electron chi connectivity index (χ3n) is 2.59. The van der Waals surface area contributed by atoms with Gasteiger partial charge in [-0.25, -0.2) is 4.79 Å². The first-order valence-electron chi connectivity index (χ1n) is 5.23. The number of urea groups is 1. The van der Waals surface area contributed by atoms with Crippen molar-refractivity contribution >= 4 is 39.9 Å². The molecule has 1 aromatic rings. The van der Waals surface area contributed by atoms with E-state index in [4.69, 9.17) is 0 Å². The summed E-state index contributed by atoms with van der Waals surface area (Å²) in [7, 11) is 1.28.